The molecule has 0 saturated heterocycles. The Hall–Kier alpha value is -1.59. The second-order valence-corrected chi connectivity index (χ2v) is 3.83. The highest BCUT2D eigenvalue weighted by Crippen LogP contribution is 2.15. The summed E-state index contributed by atoms with van der Waals surface area (Å²) in [5, 5.41) is 2.74. The van der Waals surface area contributed by atoms with Crippen molar-refractivity contribution < 1.29 is 9.59 Å². The van der Waals surface area contributed by atoms with Crippen LogP contribution in [-0.4, -0.2) is 18.4 Å². The van der Waals surface area contributed by atoms with Gasteiger partial charge in [-0.15, -0.1) is 12.4 Å². The lowest BCUT2D eigenvalue weighted by atomic mass is 10.1. The van der Waals surface area contributed by atoms with E-state index in [1.54, 1.807) is 25.1 Å². The van der Waals surface area contributed by atoms with E-state index in [2.05, 4.69) is 5.32 Å². The molecule has 1 aromatic carbocycles. The van der Waals surface area contributed by atoms with Gasteiger partial charge in [-0.2, -0.15) is 0 Å². The Morgan fingerprint density at radius 3 is 2.50 bits per heavy atom. The molecule has 1 aromatic rings. The number of benzene rings is 1. The number of nitrogens with two attached hydrogens (primary N) is 2. The van der Waals surface area contributed by atoms with Crippen LogP contribution >= 0.6 is 12.4 Å². The maximum absolute atomic E-state index is 11.4. The normalized spacial score (nSPS) is 9.44. The average molecular weight is 272 g/mol. The van der Waals surface area contributed by atoms with Crippen molar-refractivity contribution in [1.29, 1.82) is 0 Å². The van der Waals surface area contributed by atoms with E-state index in [0.717, 1.165) is 5.56 Å². The van der Waals surface area contributed by atoms with Gasteiger partial charge in [0, 0.05) is 17.7 Å². The standard InChI is InChI=1S/C12H17N3O2.ClH/c1-8-7-9(4-5-10(8)12(14)17)15-11(16)3-2-6-13;/h4-5,7H,2-3,6,13H2,1H3,(H2,14,17)(H,15,16);1H. The maximum Gasteiger partial charge on any atom is 0.248 e. The van der Waals surface area contributed by atoms with Crippen LogP contribution in [0.2, 0.25) is 0 Å². The van der Waals surface area contributed by atoms with Gasteiger partial charge in [0.25, 0.3) is 0 Å². The van der Waals surface area contributed by atoms with Gasteiger partial charge >= 0.3 is 0 Å². The molecule has 6 heteroatoms. The molecule has 0 atom stereocenters. The number of rotatable bonds is 5. The molecule has 0 aliphatic heterocycles. The van der Waals surface area contributed by atoms with E-state index in [1.165, 1.54) is 0 Å². The van der Waals surface area contributed by atoms with E-state index in [0.29, 0.717) is 30.6 Å². The van der Waals surface area contributed by atoms with Crippen molar-refractivity contribution in [3.8, 4) is 0 Å². The summed E-state index contributed by atoms with van der Waals surface area (Å²) >= 11 is 0. The summed E-state index contributed by atoms with van der Waals surface area (Å²) in [7, 11) is 0. The van der Waals surface area contributed by atoms with Crippen LogP contribution in [0.15, 0.2) is 18.2 Å². The highest BCUT2D eigenvalue weighted by molar-refractivity contribution is 5.96. The Labute approximate surface area is 112 Å². The molecule has 0 aromatic heterocycles. The van der Waals surface area contributed by atoms with Crippen LogP contribution in [0.3, 0.4) is 0 Å². The molecule has 0 spiro atoms. The minimum absolute atomic E-state index is 0. The molecular formula is C12H18ClN3O2. The zero-order valence-corrected chi connectivity index (χ0v) is 11.0. The van der Waals surface area contributed by atoms with Crippen LogP contribution in [0, 0.1) is 6.92 Å². The Bertz CT molecular complexity index is 435. The first-order chi connectivity index (χ1) is 8.04. The van der Waals surface area contributed by atoms with Crippen molar-refractivity contribution in [2.75, 3.05) is 11.9 Å². The summed E-state index contributed by atoms with van der Waals surface area (Å²) in [6, 6.07) is 4.99. The number of halogens is 1. The summed E-state index contributed by atoms with van der Waals surface area (Å²) in [5.41, 5.74) is 12.4. The number of carbonyl (C=O) groups excluding carboxylic acids is 2. The first-order valence-electron chi connectivity index (χ1n) is 5.45. The molecule has 0 aliphatic carbocycles. The number of hydrogen-bond acceptors (Lipinski definition) is 3. The van der Waals surface area contributed by atoms with Crippen molar-refractivity contribution in [2.45, 2.75) is 19.8 Å². The van der Waals surface area contributed by atoms with E-state index < -0.39 is 5.91 Å². The molecule has 5 nitrogen and oxygen atoms in total. The zero-order valence-electron chi connectivity index (χ0n) is 10.2. The molecule has 0 radical (unpaired) electrons. The highest BCUT2D eigenvalue weighted by Gasteiger charge is 2.07. The number of nitrogens with one attached hydrogen (secondary N) is 1. The van der Waals surface area contributed by atoms with E-state index in [9.17, 15) is 9.59 Å². The molecule has 1 rings (SSSR count). The molecule has 0 unspecified atom stereocenters. The van der Waals surface area contributed by atoms with E-state index >= 15 is 0 Å². The zero-order chi connectivity index (χ0) is 12.8. The fourth-order valence-corrected chi connectivity index (χ4v) is 1.50. The minimum atomic E-state index is -0.469. The Kier molecular flexibility index (Phi) is 7.00. The third kappa shape index (κ3) is 4.73. The van der Waals surface area contributed by atoms with Crippen LogP contribution < -0.4 is 16.8 Å². The predicted molar refractivity (Wildman–Crippen MR) is 73.9 cm³/mol. The minimum Gasteiger partial charge on any atom is -0.366 e. The number of aryl methyl sites for hydroxylation is 1. The quantitative estimate of drug-likeness (QED) is 0.750. The molecule has 18 heavy (non-hydrogen) atoms. The molecule has 100 valence electrons. The van der Waals surface area contributed by atoms with Crippen LogP contribution in [0.4, 0.5) is 5.69 Å². The summed E-state index contributed by atoms with van der Waals surface area (Å²) in [6.07, 6.45) is 1.05. The third-order valence-electron chi connectivity index (χ3n) is 2.38. The molecule has 0 heterocycles. The largest absolute Gasteiger partial charge is 0.366 e. The van der Waals surface area contributed by atoms with Crippen LogP contribution in [-0.2, 0) is 4.79 Å². The monoisotopic (exact) mass is 271 g/mol. The predicted octanol–water partition coefficient (Wildman–Crippen LogP) is 1.19. The molecule has 2 amide bonds. The summed E-state index contributed by atoms with van der Waals surface area (Å²) in [5.74, 6) is -0.551. The lowest BCUT2D eigenvalue weighted by molar-refractivity contribution is -0.116. The number of primary amides is 1. The molecular weight excluding hydrogens is 254 g/mol. The van der Waals surface area contributed by atoms with Crippen LogP contribution in [0.5, 0.6) is 0 Å². The van der Waals surface area contributed by atoms with Gasteiger partial charge in [-0.3, -0.25) is 9.59 Å². The number of hydrogen-bond donors (Lipinski definition) is 3. The summed E-state index contributed by atoms with van der Waals surface area (Å²) < 4.78 is 0. The van der Waals surface area contributed by atoms with Crippen molar-refractivity contribution in [3.63, 3.8) is 0 Å². The first kappa shape index (κ1) is 16.4. The second kappa shape index (κ2) is 7.68. The number of carbonyl (C=O) groups is 2. The molecule has 0 fully saturated rings. The van der Waals surface area contributed by atoms with E-state index in [1.807, 2.05) is 0 Å². The fraction of sp³-hybridized carbons (Fsp3) is 0.333. The maximum atomic E-state index is 11.4. The third-order valence-corrected chi connectivity index (χ3v) is 2.38. The molecule has 5 N–H and O–H groups in total. The summed E-state index contributed by atoms with van der Waals surface area (Å²) in [6.45, 7) is 2.27. The van der Waals surface area contributed by atoms with Gasteiger partial charge in [0.2, 0.25) is 11.8 Å². The van der Waals surface area contributed by atoms with Gasteiger partial charge in [0.05, 0.1) is 0 Å². The molecule has 0 aliphatic rings. The first-order valence-corrected chi connectivity index (χ1v) is 5.45. The molecule has 0 saturated carbocycles. The van der Waals surface area contributed by atoms with Crippen molar-refractivity contribution in [3.05, 3.63) is 29.3 Å². The number of anilines is 1. The Balaban J connectivity index is 0.00000289. The Morgan fingerprint density at radius 2 is 2.00 bits per heavy atom. The molecule has 0 bridgehead atoms. The van der Waals surface area contributed by atoms with Gasteiger partial charge in [-0.1, -0.05) is 0 Å². The van der Waals surface area contributed by atoms with Gasteiger partial charge in [-0.25, -0.2) is 0 Å². The Morgan fingerprint density at radius 1 is 1.33 bits per heavy atom. The average Bonchev–Trinajstić information content (AvgIpc) is 2.26. The van der Waals surface area contributed by atoms with E-state index in [-0.39, 0.29) is 18.3 Å². The number of amides is 2. The van der Waals surface area contributed by atoms with Crippen molar-refractivity contribution in [1.82, 2.24) is 0 Å². The lowest BCUT2D eigenvalue weighted by Crippen LogP contribution is -2.15. The topological polar surface area (TPSA) is 98.2 Å². The van der Waals surface area contributed by atoms with E-state index in [4.69, 9.17) is 11.5 Å². The SMILES string of the molecule is Cc1cc(NC(=O)CCCN)ccc1C(N)=O.Cl. The van der Waals surface area contributed by atoms with Gasteiger partial charge in [0.15, 0.2) is 0 Å². The second-order valence-electron chi connectivity index (χ2n) is 3.83. The van der Waals surface area contributed by atoms with Gasteiger partial charge < -0.3 is 16.8 Å². The van der Waals surface area contributed by atoms with Crippen molar-refractivity contribution >= 4 is 29.9 Å². The smallest absolute Gasteiger partial charge is 0.248 e. The van der Waals surface area contributed by atoms with Crippen LogP contribution in [0.1, 0.15) is 28.8 Å². The lowest BCUT2D eigenvalue weighted by Gasteiger charge is -2.07. The van der Waals surface area contributed by atoms with Gasteiger partial charge in [0.1, 0.15) is 0 Å². The van der Waals surface area contributed by atoms with Crippen molar-refractivity contribution in [2.24, 2.45) is 11.5 Å². The highest BCUT2D eigenvalue weighted by atomic mass is 35.5. The van der Waals surface area contributed by atoms with Gasteiger partial charge in [-0.05, 0) is 43.7 Å². The van der Waals surface area contributed by atoms with Crippen LogP contribution in [0.25, 0.3) is 0 Å². The summed E-state index contributed by atoms with van der Waals surface area (Å²) in [4.78, 5) is 22.5. The fourth-order valence-electron chi connectivity index (χ4n) is 1.50.